The Morgan fingerprint density at radius 2 is 2.20 bits per heavy atom. The lowest BCUT2D eigenvalue weighted by atomic mass is 9.99. The molecule has 2 N–H and O–H groups in total. The number of ether oxygens (including phenoxy) is 1. The standard InChI is InChI=1S/C18H26N2O4S/c1-13(12-25-16-8-4-3-7-15(16)24-2)10-19-18(23)20-9-5-6-14(11-20)17(21)22/h3-4,7-8,13-14H,5-6,9-12H2,1-2H3,(H,19,23)(H,21,22). The van der Waals surface area contributed by atoms with Gasteiger partial charge in [0.2, 0.25) is 0 Å². The predicted octanol–water partition coefficient (Wildman–Crippen LogP) is 2.93. The van der Waals surface area contributed by atoms with Gasteiger partial charge in [0.25, 0.3) is 0 Å². The number of hydrogen-bond acceptors (Lipinski definition) is 4. The average molecular weight is 366 g/mol. The summed E-state index contributed by atoms with van der Waals surface area (Å²) in [5.41, 5.74) is 0. The molecule has 0 saturated carbocycles. The smallest absolute Gasteiger partial charge is 0.317 e. The number of aliphatic carboxylic acids is 1. The van der Waals surface area contributed by atoms with Crippen LogP contribution in [0.15, 0.2) is 29.2 Å². The summed E-state index contributed by atoms with van der Waals surface area (Å²) in [5.74, 6) is 0.742. The van der Waals surface area contributed by atoms with Crippen LogP contribution in [0.1, 0.15) is 19.8 Å². The first-order valence-electron chi connectivity index (χ1n) is 8.52. The summed E-state index contributed by atoms with van der Waals surface area (Å²) >= 11 is 1.70. The Morgan fingerprint density at radius 1 is 1.44 bits per heavy atom. The number of carboxylic acids is 1. The molecule has 0 radical (unpaired) electrons. The highest BCUT2D eigenvalue weighted by Crippen LogP contribution is 2.29. The normalized spacial score (nSPS) is 18.5. The van der Waals surface area contributed by atoms with Crippen LogP contribution in [0.3, 0.4) is 0 Å². The number of piperidine rings is 1. The molecular formula is C18H26N2O4S. The highest BCUT2D eigenvalue weighted by molar-refractivity contribution is 7.99. The van der Waals surface area contributed by atoms with E-state index in [-0.39, 0.29) is 6.03 Å². The number of carbonyl (C=O) groups excluding carboxylic acids is 1. The Kier molecular flexibility index (Phi) is 7.43. The van der Waals surface area contributed by atoms with Gasteiger partial charge in [-0.1, -0.05) is 19.1 Å². The number of thioether (sulfide) groups is 1. The second-order valence-corrected chi connectivity index (χ2v) is 7.44. The summed E-state index contributed by atoms with van der Waals surface area (Å²) < 4.78 is 5.34. The number of benzene rings is 1. The first kappa shape index (κ1) is 19.4. The largest absolute Gasteiger partial charge is 0.496 e. The van der Waals surface area contributed by atoms with Crippen LogP contribution in [-0.2, 0) is 4.79 Å². The molecule has 1 fully saturated rings. The van der Waals surface area contributed by atoms with E-state index in [0.717, 1.165) is 22.8 Å². The van der Waals surface area contributed by atoms with E-state index in [1.165, 1.54) is 0 Å². The number of carboxylic acid groups (broad SMARTS) is 1. The monoisotopic (exact) mass is 366 g/mol. The van der Waals surface area contributed by atoms with E-state index in [4.69, 9.17) is 9.84 Å². The molecule has 0 bridgehead atoms. The first-order valence-corrected chi connectivity index (χ1v) is 9.51. The Hall–Kier alpha value is -1.89. The van der Waals surface area contributed by atoms with Crippen LogP contribution in [0, 0.1) is 11.8 Å². The van der Waals surface area contributed by atoms with Crippen molar-refractivity contribution >= 4 is 23.8 Å². The molecule has 7 heteroatoms. The number of likely N-dealkylation sites (tertiary alicyclic amines) is 1. The van der Waals surface area contributed by atoms with Gasteiger partial charge in [0.15, 0.2) is 0 Å². The summed E-state index contributed by atoms with van der Waals surface area (Å²) in [6.45, 7) is 3.57. The van der Waals surface area contributed by atoms with Gasteiger partial charge in [0.05, 0.1) is 13.0 Å². The SMILES string of the molecule is COc1ccccc1SCC(C)CNC(=O)N1CCCC(C(=O)O)C1. The molecule has 1 aliphatic rings. The minimum atomic E-state index is -0.820. The van der Waals surface area contributed by atoms with E-state index in [1.807, 2.05) is 24.3 Å². The number of hydrogen-bond donors (Lipinski definition) is 2. The second-order valence-electron chi connectivity index (χ2n) is 6.38. The number of para-hydroxylation sites is 1. The Morgan fingerprint density at radius 3 is 2.92 bits per heavy atom. The molecule has 138 valence electrons. The highest BCUT2D eigenvalue weighted by atomic mass is 32.2. The van der Waals surface area contributed by atoms with Crippen molar-refractivity contribution in [2.75, 3.05) is 32.5 Å². The summed E-state index contributed by atoms with van der Waals surface area (Å²) in [7, 11) is 1.66. The van der Waals surface area contributed by atoms with Crippen LogP contribution in [-0.4, -0.2) is 54.5 Å². The maximum atomic E-state index is 12.2. The number of carbonyl (C=O) groups is 2. The van der Waals surface area contributed by atoms with Gasteiger partial charge in [-0.25, -0.2) is 4.79 Å². The molecule has 1 aromatic rings. The molecule has 6 nitrogen and oxygen atoms in total. The molecule has 1 heterocycles. The summed E-state index contributed by atoms with van der Waals surface area (Å²) in [5, 5.41) is 12.0. The number of nitrogens with zero attached hydrogens (tertiary/aromatic N) is 1. The molecule has 0 aliphatic carbocycles. The minimum absolute atomic E-state index is 0.167. The number of methoxy groups -OCH3 is 1. The van der Waals surface area contributed by atoms with E-state index in [1.54, 1.807) is 23.8 Å². The maximum absolute atomic E-state index is 12.2. The average Bonchev–Trinajstić information content (AvgIpc) is 2.64. The van der Waals surface area contributed by atoms with E-state index in [2.05, 4.69) is 12.2 Å². The fourth-order valence-electron chi connectivity index (χ4n) is 2.77. The third-order valence-corrected chi connectivity index (χ3v) is 5.64. The zero-order valence-corrected chi connectivity index (χ0v) is 15.6. The molecule has 0 spiro atoms. The van der Waals surface area contributed by atoms with Gasteiger partial charge in [-0.15, -0.1) is 11.8 Å². The van der Waals surface area contributed by atoms with E-state index >= 15 is 0 Å². The number of amides is 2. The summed E-state index contributed by atoms with van der Waals surface area (Å²) in [4.78, 5) is 26.0. The molecule has 1 saturated heterocycles. The molecule has 1 aliphatic heterocycles. The van der Waals surface area contributed by atoms with Crippen molar-refractivity contribution in [3.63, 3.8) is 0 Å². The molecule has 2 unspecified atom stereocenters. The van der Waals surface area contributed by atoms with Crippen LogP contribution in [0.2, 0.25) is 0 Å². The van der Waals surface area contributed by atoms with Gasteiger partial charge in [-0.2, -0.15) is 0 Å². The Bertz CT molecular complexity index is 596. The van der Waals surface area contributed by atoms with Gasteiger partial charge < -0.3 is 20.1 Å². The van der Waals surface area contributed by atoms with Gasteiger partial charge in [-0.3, -0.25) is 4.79 Å². The van der Waals surface area contributed by atoms with Crippen molar-refractivity contribution in [2.45, 2.75) is 24.7 Å². The van der Waals surface area contributed by atoms with Crippen molar-refractivity contribution in [1.29, 1.82) is 0 Å². The number of rotatable bonds is 7. The van der Waals surface area contributed by atoms with Crippen molar-refractivity contribution in [3.8, 4) is 5.75 Å². The number of urea groups is 1. The fraction of sp³-hybridized carbons (Fsp3) is 0.556. The second kappa shape index (κ2) is 9.56. The third-order valence-electron chi connectivity index (χ3n) is 4.25. The van der Waals surface area contributed by atoms with Crippen molar-refractivity contribution in [1.82, 2.24) is 10.2 Å². The van der Waals surface area contributed by atoms with Crippen LogP contribution < -0.4 is 10.1 Å². The van der Waals surface area contributed by atoms with E-state index in [9.17, 15) is 9.59 Å². The predicted molar refractivity (Wildman–Crippen MR) is 98.2 cm³/mol. The van der Waals surface area contributed by atoms with Gasteiger partial charge in [0, 0.05) is 30.3 Å². The Labute approximate surface area is 152 Å². The molecule has 25 heavy (non-hydrogen) atoms. The first-order chi connectivity index (χ1) is 12.0. The molecule has 2 amide bonds. The highest BCUT2D eigenvalue weighted by Gasteiger charge is 2.28. The zero-order chi connectivity index (χ0) is 18.2. The quantitative estimate of drug-likeness (QED) is 0.726. The third kappa shape index (κ3) is 5.85. The molecule has 2 rings (SSSR count). The molecule has 1 aromatic carbocycles. The molecular weight excluding hydrogens is 340 g/mol. The van der Waals surface area contributed by atoms with Crippen molar-refractivity contribution < 1.29 is 19.4 Å². The maximum Gasteiger partial charge on any atom is 0.317 e. The van der Waals surface area contributed by atoms with E-state index in [0.29, 0.717) is 32.0 Å². The molecule has 0 aromatic heterocycles. The number of nitrogens with one attached hydrogen (secondary N) is 1. The summed E-state index contributed by atoms with van der Waals surface area (Å²) in [6, 6.07) is 7.71. The lowest BCUT2D eigenvalue weighted by Gasteiger charge is -2.31. The van der Waals surface area contributed by atoms with Crippen LogP contribution >= 0.6 is 11.8 Å². The van der Waals surface area contributed by atoms with Crippen LogP contribution in [0.25, 0.3) is 0 Å². The van der Waals surface area contributed by atoms with Crippen molar-refractivity contribution in [3.05, 3.63) is 24.3 Å². The summed E-state index contributed by atoms with van der Waals surface area (Å²) in [6.07, 6.45) is 1.38. The lowest BCUT2D eigenvalue weighted by Crippen LogP contribution is -2.47. The molecule has 2 atom stereocenters. The van der Waals surface area contributed by atoms with Crippen LogP contribution in [0.4, 0.5) is 4.79 Å². The van der Waals surface area contributed by atoms with Gasteiger partial charge in [-0.05, 0) is 30.9 Å². The Balaban J connectivity index is 1.74. The fourth-order valence-corrected chi connectivity index (χ4v) is 3.82. The van der Waals surface area contributed by atoms with E-state index < -0.39 is 11.9 Å². The minimum Gasteiger partial charge on any atom is -0.496 e. The lowest BCUT2D eigenvalue weighted by molar-refractivity contribution is -0.143. The van der Waals surface area contributed by atoms with Gasteiger partial charge >= 0.3 is 12.0 Å². The topological polar surface area (TPSA) is 78.9 Å². The van der Waals surface area contributed by atoms with Crippen molar-refractivity contribution in [2.24, 2.45) is 11.8 Å². The van der Waals surface area contributed by atoms with Gasteiger partial charge in [0.1, 0.15) is 5.75 Å². The van der Waals surface area contributed by atoms with Crippen LogP contribution in [0.5, 0.6) is 5.75 Å². The zero-order valence-electron chi connectivity index (χ0n) is 14.7.